The minimum atomic E-state index is -0.228. The Kier molecular flexibility index (Phi) is 6.76. The van der Waals surface area contributed by atoms with Gasteiger partial charge in [-0.1, -0.05) is 84.8 Å². The predicted octanol–water partition coefficient (Wildman–Crippen LogP) is 5.06. The van der Waals surface area contributed by atoms with Crippen molar-refractivity contribution in [1.82, 2.24) is 20.5 Å². The average molecular weight is 476 g/mol. The zero-order valence-corrected chi connectivity index (χ0v) is 19.8. The molecule has 5 rings (SSSR count). The van der Waals surface area contributed by atoms with Crippen LogP contribution < -0.4 is 16.0 Å². The number of amides is 4. The molecule has 2 aromatic carbocycles. The Hall–Kier alpha value is -3.39. The molecule has 34 heavy (non-hydrogen) atoms. The maximum absolute atomic E-state index is 13.3. The van der Waals surface area contributed by atoms with Crippen molar-refractivity contribution in [2.45, 2.75) is 50.7 Å². The molecular weight excluding hydrogens is 446 g/mol. The van der Waals surface area contributed by atoms with Gasteiger partial charge in [0.1, 0.15) is 0 Å². The topological polar surface area (TPSA) is 86.4 Å². The van der Waals surface area contributed by atoms with Crippen LogP contribution in [0.3, 0.4) is 0 Å². The van der Waals surface area contributed by atoms with Crippen LogP contribution in [0.4, 0.5) is 14.7 Å². The second-order valence-electron chi connectivity index (χ2n) is 8.84. The summed E-state index contributed by atoms with van der Waals surface area (Å²) in [4.78, 5) is 33.0. The van der Waals surface area contributed by atoms with Crippen LogP contribution in [0.1, 0.15) is 53.4 Å². The number of fused-ring (bicyclic) bond motifs is 1. The SMILES string of the molecule is O=C(Nc1nc2c(s1)CN(C(=O)NC(c1ccccc1)c1ccccc1)CC2)NC1CCCC1. The Balaban J connectivity index is 1.24. The van der Waals surface area contributed by atoms with Crippen LogP contribution in [0.5, 0.6) is 0 Å². The van der Waals surface area contributed by atoms with Gasteiger partial charge in [-0.15, -0.1) is 0 Å². The second kappa shape index (κ2) is 10.3. The number of rotatable bonds is 5. The molecule has 1 aliphatic heterocycles. The molecule has 4 amide bonds. The van der Waals surface area contributed by atoms with Crippen molar-refractivity contribution in [3.63, 3.8) is 0 Å². The van der Waals surface area contributed by atoms with Gasteiger partial charge in [0.25, 0.3) is 0 Å². The summed E-state index contributed by atoms with van der Waals surface area (Å²) in [5.74, 6) is 0. The molecule has 3 N–H and O–H groups in total. The molecular formula is C26H29N5O2S. The van der Waals surface area contributed by atoms with Gasteiger partial charge in [0.15, 0.2) is 5.13 Å². The lowest BCUT2D eigenvalue weighted by molar-refractivity contribution is 0.190. The summed E-state index contributed by atoms with van der Waals surface area (Å²) in [7, 11) is 0. The summed E-state index contributed by atoms with van der Waals surface area (Å²) in [5.41, 5.74) is 3.04. The van der Waals surface area contributed by atoms with E-state index in [2.05, 4.69) is 20.9 Å². The van der Waals surface area contributed by atoms with Crippen molar-refractivity contribution < 1.29 is 9.59 Å². The summed E-state index contributed by atoms with van der Waals surface area (Å²) in [6, 6.07) is 19.8. The predicted molar refractivity (Wildman–Crippen MR) is 134 cm³/mol. The van der Waals surface area contributed by atoms with Gasteiger partial charge in [0.2, 0.25) is 0 Å². The molecule has 1 fully saturated rings. The highest BCUT2D eigenvalue weighted by Gasteiger charge is 2.27. The summed E-state index contributed by atoms with van der Waals surface area (Å²) >= 11 is 1.45. The standard InChI is InChI=1S/C26H29N5O2S/c32-24(27-20-13-7-8-14-20)30-25-28-21-15-16-31(17-22(21)34-25)26(33)29-23(18-9-3-1-4-10-18)19-11-5-2-6-12-19/h1-6,9-12,20,23H,7-8,13-17H2,(H,29,33)(H2,27,28,30,32). The van der Waals surface area contributed by atoms with Gasteiger partial charge in [0, 0.05) is 23.9 Å². The number of anilines is 1. The number of hydrogen-bond acceptors (Lipinski definition) is 4. The average Bonchev–Trinajstić information content (AvgIpc) is 3.52. The molecule has 1 aliphatic carbocycles. The molecule has 2 heterocycles. The number of hydrogen-bond donors (Lipinski definition) is 3. The van der Waals surface area contributed by atoms with E-state index in [0.717, 1.165) is 34.5 Å². The minimum Gasteiger partial charge on any atom is -0.335 e. The molecule has 3 aromatic rings. The lowest BCUT2D eigenvalue weighted by Crippen LogP contribution is -2.44. The van der Waals surface area contributed by atoms with Crippen LogP contribution in [0.25, 0.3) is 0 Å². The molecule has 0 atom stereocenters. The van der Waals surface area contributed by atoms with E-state index in [4.69, 9.17) is 0 Å². The number of aromatic nitrogens is 1. The fraction of sp³-hybridized carbons (Fsp3) is 0.346. The van der Waals surface area contributed by atoms with Crippen molar-refractivity contribution in [2.75, 3.05) is 11.9 Å². The summed E-state index contributed by atoms with van der Waals surface area (Å²) in [6.45, 7) is 1.08. The highest BCUT2D eigenvalue weighted by atomic mass is 32.1. The number of urea groups is 2. The van der Waals surface area contributed by atoms with E-state index in [1.165, 1.54) is 24.2 Å². The fourth-order valence-corrected chi connectivity index (χ4v) is 5.69. The Labute approximate surface area is 203 Å². The van der Waals surface area contributed by atoms with Gasteiger partial charge in [-0.2, -0.15) is 0 Å². The van der Waals surface area contributed by atoms with Gasteiger partial charge in [0.05, 0.1) is 18.3 Å². The van der Waals surface area contributed by atoms with E-state index in [1.54, 1.807) is 0 Å². The van der Waals surface area contributed by atoms with Crippen molar-refractivity contribution >= 4 is 28.5 Å². The molecule has 0 unspecified atom stereocenters. The highest BCUT2D eigenvalue weighted by Crippen LogP contribution is 2.29. The Morgan fingerprint density at radius 1 is 0.971 bits per heavy atom. The fourth-order valence-electron chi connectivity index (χ4n) is 4.68. The van der Waals surface area contributed by atoms with Crippen LogP contribution in [-0.2, 0) is 13.0 Å². The molecule has 0 spiro atoms. The molecule has 1 aromatic heterocycles. The van der Waals surface area contributed by atoms with Crippen LogP contribution >= 0.6 is 11.3 Å². The Morgan fingerprint density at radius 2 is 1.62 bits per heavy atom. The van der Waals surface area contributed by atoms with E-state index in [9.17, 15) is 9.59 Å². The van der Waals surface area contributed by atoms with Crippen molar-refractivity contribution in [2.24, 2.45) is 0 Å². The molecule has 0 bridgehead atoms. The number of nitrogens with one attached hydrogen (secondary N) is 3. The van der Waals surface area contributed by atoms with E-state index in [1.807, 2.05) is 65.6 Å². The lowest BCUT2D eigenvalue weighted by atomic mass is 9.99. The number of thiazole rings is 1. The second-order valence-corrected chi connectivity index (χ2v) is 9.93. The highest BCUT2D eigenvalue weighted by molar-refractivity contribution is 7.15. The van der Waals surface area contributed by atoms with Crippen LogP contribution in [0, 0.1) is 0 Å². The van der Waals surface area contributed by atoms with Gasteiger partial charge < -0.3 is 15.5 Å². The van der Waals surface area contributed by atoms with Crippen molar-refractivity contribution in [3.05, 3.63) is 82.4 Å². The van der Waals surface area contributed by atoms with Crippen LogP contribution in [0.15, 0.2) is 60.7 Å². The maximum Gasteiger partial charge on any atom is 0.321 e. The van der Waals surface area contributed by atoms with E-state index < -0.39 is 0 Å². The van der Waals surface area contributed by atoms with Crippen LogP contribution in [0.2, 0.25) is 0 Å². The summed E-state index contributed by atoms with van der Waals surface area (Å²) in [6.07, 6.45) is 5.09. The zero-order chi connectivity index (χ0) is 23.3. The van der Waals surface area contributed by atoms with Gasteiger partial charge in [-0.3, -0.25) is 5.32 Å². The Bertz CT molecular complexity index is 1090. The minimum absolute atomic E-state index is 0.106. The van der Waals surface area contributed by atoms with E-state index in [-0.39, 0.29) is 24.1 Å². The summed E-state index contributed by atoms with van der Waals surface area (Å²) in [5, 5.41) is 9.73. The third-order valence-electron chi connectivity index (χ3n) is 6.46. The van der Waals surface area contributed by atoms with Crippen molar-refractivity contribution in [1.29, 1.82) is 0 Å². The van der Waals surface area contributed by atoms with Crippen LogP contribution in [-0.4, -0.2) is 34.5 Å². The largest absolute Gasteiger partial charge is 0.335 e. The first-order chi connectivity index (χ1) is 16.7. The molecule has 1 saturated carbocycles. The van der Waals surface area contributed by atoms with E-state index in [0.29, 0.717) is 24.6 Å². The molecule has 8 heteroatoms. The van der Waals surface area contributed by atoms with E-state index >= 15 is 0 Å². The third-order valence-corrected chi connectivity index (χ3v) is 7.46. The summed E-state index contributed by atoms with van der Waals surface area (Å²) < 4.78 is 0. The van der Waals surface area contributed by atoms with Gasteiger partial charge in [-0.05, 0) is 24.0 Å². The molecule has 7 nitrogen and oxygen atoms in total. The van der Waals surface area contributed by atoms with Gasteiger partial charge >= 0.3 is 12.1 Å². The molecule has 2 aliphatic rings. The normalized spacial score (nSPS) is 15.7. The number of benzene rings is 2. The molecule has 0 saturated heterocycles. The first kappa shape index (κ1) is 22.4. The number of nitrogens with zero attached hydrogens (tertiary/aromatic N) is 2. The third kappa shape index (κ3) is 5.22. The first-order valence-electron chi connectivity index (χ1n) is 11.9. The smallest absolute Gasteiger partial charge is 0.321 e. The number of carbonyl (C=O) groups is 2. The maximum atomic E-state index is 13.3. The van der Waals surface area contributed by atoms with Crippen molar-refractivity contribution in [3.8, 4) is 0 Å². The van der Waals surface area contributed by atoms with Gasteiger partial charge in [-0.25, -0.2) is 14.6 Å². The lowest BCUT2D eigenvalue weighted by Gasteiger charge is -2.29. The quantitative estimate of drug-likeness (QED) is 0.482. The monoisotopic (exact) mass is 475 g/mol. The number of carbonyl (C=O) groups excluding carboxylic acids is 2. The first-order valence-corrected chi connectivity index (χ1v) is 12.7. The Morgan fingerprint density at radius 3 is 2.26 bits per heavy atom. The zero-order valence-electron chi connectivity index (χ0n) is 19.0. The molecule has 0 radical (unpaired) electrons. The molecule has 176 valence electrons.